The van der Waals surface area contributed by atoms with Crippen LogP contribution in [0.15, 0.2) is 47.2 Å². The molecule has 0 radical (unpaired) electrons. The first kappa shape index (κ1) is 16.2. The third-order valence-corrected chi connectivity index (χ3v) is 4.54. The molecule has 4 aromatic rings. The van der Waals surface area contributed by atoms with Crippen LogP contribution in [0, 0.1) is 0 Å². The highest BCUT2D eigenvalue weighted by atomic mass is 16.5. The topological polar surface area (TPSA) is 73.2 Å². The number of aromatic nitrogens is 3. The number of nitrogens with zero attached hydrogens (tertiary/aromatic N) is 2. The van der Waals surface area contributed by atoms with Gasteiger partial charge in [-0.2, -0.15) is 0 Å². The average Bonchev–Trinajstić information content (AvgIpc) is 3.34. The summed E-state index contributed by atoms with van der Waals surface area (Å²) < 4.78 is 16.1. The van der Waals surface area contributed by atoms with Crippen LogP contribution >= 0.6 is 0 Å². The minimum atomic E-state index is 0.516. The first-order chi connectivity index (χ1) is 12.7. The van der Waals surface area contributed by atoms with Gasteiger partial charge in [0.25, 0.3) is 0 Å². The zero-order chi connectivity index (χ0) is 18.1. The van der Waals surface area contributed by atoms with E-state index in [0.29, 0.717) is 17.4 Å². The first-order valence-corrected chi connectivity index (χ1v) is 8.38. The third-order valence-electron chi connectivity index (χ3n) is 4.54. The van der Waals surface area contributed by atoms with E-state index in [4.69, 9.17) is 13.9 Å². The summed E-state index contributed by atoms with van der Waals surface area (Å²) in [6.45, 7) is 2.15. The molecular formula is C20H19N3O3. The molecule has 0 amide bonds. The van der Waals surface area contributed by atoms with Gasteiger partial charge in [-0.05, 0) is 48.4 Å². The number of aromatic amines is 1. The summed E-state index contributed by atoms with van der Waals surface area (Å²) in [4.78, 5) is 3.53. The van der Waals surface area contributed by atoms with Gasteiger partial charge in [-0.1, -0.05) is 6.92 Å². The van der Waals surface area contributed by atoms with Gasteiger partial charge in [0.05, 0.1) is 14.2 Å². The van der Waals surface area contributed by atoms with Crippen molar-refractivity contribution in [3.8, 4) is 34.2 Å². The standard InChI is InChI=1S/C20H19N3O3/c1-4-14-15-9-13(20-23-21-11-26-20)5-7-16(15)22-19(14)12-6-8-17(24-2)18(10-12)25-3/h5-11,22H,4H2,1-3H3. The van der Waals surface area contributed by atoms with Crippen molar-refractivity contribution in [2.45, 2.75) is 13.3 Å². The summed E-state index contributed by atoms with van der Waals surface area (Å²) in [5, 5.41) is 8.90. The maximum atomic E-state index is 5.45. The lowest BCUT2D eigenvalue weighted by Crippen LogP contribution is -1.92. The minimum Gasteiger partial charge on any atom is -0.493 e. The van der Waals surface area contributed by atoms with Crippen LogP contribution in [0.4, 0.5) is 0 Å². The van der Waals surface area contributed by atoms with Crippen molar-refractivity contribution in [3.63, 3.8) is 0 Å². The van der Waals surface area contributed by atoms with E-state index >= 15 is 0 Å². The largest absolute Gasteiger partial charge is 0.493 e. The van der Waals surface area contributed by atoms with Gasteiger partial charge >= 0.3 is 0 Å². The number of rotatable bonds is 5. The number of ether oxygens (including phenoxy) is 2. The maximum Gasteiger partial charge on any atom is 0.247 e. The van der Waals surface area contributed by atoms with E-state index in [-0.39, 0.29) is 0 Å². The van der Waals surface area contributed by atoms with Crippen LogP contribution in [0.5, 0.6) is 11.5 Å². The molecule has 0 fully saturated rings. The van der Waals surface area contributed by atoms with Crippen molar-refractivity contribution >= 4 is 10.9 Å². The molecule has 0 aliphatic rings. The summed E-state index contributed by atoms with van der Waals surface area (Å²) in [5.74, 6) is 1.93. The predicted octanol–water partition coefficient (Wildman–Crippen LogP) is 4.46. The zero-order valence-corrected chi connectivity index (χ0v) is 14.9. The fourth-order valence-electron chi connectivity index (χ4n) is 3.28. The summed E-state index contributed by atoms with van der Waals surface area (Å²) in [6.07, 6.45) is 2.23. The van der Waals surface area contributed by atoms with Gasteiger partial charge in [0.15, 0.2) is 11.5 Å². The Bertz CT molecular complexity index is 1050. The van der Waals surface area contributed by atoms with Crippen molar-refractivity contribution < 1.29 is 13.9 Å². The Morgan fingerprint density at radius 3 is 2.50 bits per heavy atom. The van der Waals surface area contributed by atoms with E-state index in [1.807, 2.05) is 30.3 Å². The number of hydrogen-bond donors (Lipinski definition) is 1. The lowest BCUT2D eigenvalue weighted by Gasteiger charge is -2.10. The smallest absolute Gasteiger partial charge is 0.247 e. The van der Waals surface area contributed by atoms with Gasteiger partial charge < -0.3 is 18.9 Å². The van der Waals surface area contributed by atoms with E-state index in [1.54, 1.807) is 14.2 Å². The van der Waals surface area contributed by atoms with Gasteiger partial charge in [-0.25, -0.2) is 0 Å². The average molecular weight is 349 g/mol. The van der Waals surface area contributed by atoms with Gasteiger partial charge in [0.2, 0.25) is 12.3 Å². The number of methoxy groups -OCH3 is 2. The first-order valence-electron chi connectivity index (χ1n) is 8.38. The van der Waals surface area contributed by atoms with Crippen molar-refractivity contribution in [1.82, 2.24) is 15.2 Å². The molecule has 0 saturated heterocycles. The van der Waals surface area contributed by atoms with Crippen LogP contribution in [-0.2, 0) is 6.42 Å². The minimum absolute atomic E-state index is 0.516. The number of H-pyrrole nitrogens is 1. The normalized spacial score (nSPS) is 11.0. The van der Waals surface area contributed by atoms with Crippen LogP contribution in [0.25, 0.3) is 33.6 Å². The summed E-state index contributed by atoms with van der Waals surface area (Å²) in [7, 11) is 3.28. The fraction of sp³-hybridized carbons (Fsp3) is 0.200. The molecule has 2 aromatic carbocycles. The van der Waals surface area contributed by atoms with Crippen molar-refractivity contribution in [2.75, 3.05) is 14.2 Å². The Hall–Kier alpha value is -3.28. The number of fused-ring (bicyclic) bond motifs is 1. The Labute approximate surface area is 150 Å². The van der Waals surface area contributed by atoms with Gasteiger partial charge in [0, 0.05) is 27.7 Å². The molecule has 1 N–H and O–H groups in total. The molecule has 132 valence electrons. The molecule has 2 heterocycles. The predicted molar refractivity (Wildman–Crippen MR) is 99.5 cm³/mol. The molecule has 0 saturated carbocycles. The third kappa shape index (κ3) is 2.60. The highest BCUT2D eigenvalue weighted by Gasteiger charge is 2.15. The summed E-state index contributed by atoms with van der Waals surface area (Å²) >= 11 is 0. The van der Waals surface area contributed by atoms with Gasteiger partial charge in [-0.3, -0.25) is 0 Å². The van der Waals surface area contributed by atoms with Gasteiger partial charge in [0.1, 0.15) is 0 Å². The summed E-state index contributed by atoms with van der Waals surface area (Å²) in [5.41, 5.74) is 5.33. The SMILES string of the molecule is CCc1c(-c2ccc(OC)c(OC)c2)[nH]c2ccc(-c3nnco3)cc12. The Kier molecular flexibility index (Phi) is 4.08. The van der Waals surface area contributed by atoms with Crippen molar-refractivity contribution in [3.05, 3.63) is 48.4 Å². The van der Waals surface area contributed by atoms with Gasteiger partial charge in [-0.15, -0.1) is 10.2 Å². The number of aryl methyl sites for hydroxylation is 1. The second-order valence-corrected chi connectivity index (χ2v) is 5.91. The fourth-order valence-corrected chi connectivity index (χ4v) is 3.28. The molecule has 0 unspecified atom stereocenters. The van der Waals surface area contributed by atoms with E-state index in [1.165, 1.54) is 12.0 Å². The molecule has 0 spiro atoms. The lowest BCUT2D eigenvalue weighted by molar-refractivity contribution is 0.355. The molecule has 0 atom stereocenters. The zero-order valence-electron chi connectivity index (χ0n) is 14.9. The van der Waals surface area contributed by atoms with Crippen LogP contribution in [0.1, 0.15) is 12.5 Å². The molecule has 6 heteroatoms. The second kappa shape index (κ2) is 6.55. The molecule has 2 aromatic heterocycles. The van der Waals surface area contributed by atoms with Crippen molar-refractivity contribution in [1.29, 1.82) is 0 Å². The summed E-state index contributed by atoms with van der Waals surface area (Å²) in [6, 6.07) is 12.0. The molecule has 6 nitrogen and oxygen atoms in total. The molecule has 0 aliphatic carbocycles. The second-order valence-electron chi connectivity index (χ2n) is 5.91. The maximum absolute atomic E-state index is 5.45. The Morgan fingerprint density at radius 1 is 1.00 bits per heavy atom. The number of nitrogens with one attached hydrogen (secondary N) is 1. The Balaban J connectivity index is 1.88. The molecule has 26 heavy (non-hydrogen) atoms. The van der Waals surface area contributed by atoms with Crippen LogP contribution in [0.2, 0.25) is 0 Å². The van der Waals surface area contributed by atoms with Crippen LogP contribution < -0.4 is 9.47 Å². The highest BCUT2D eigenvalue weighted by Crippen LogP contribution is 2.37. The molecule has 0 bridgehead atoms. The number of benzene rings is 2. The quantitative estimate of drug-likeness (QED) is 0.576. The molecule has 4 rings (SSSR count). The number of hydrogen-bond acceptors (Lipinski definition) is 5. The highest BCUT2D eigenvalue weighted by molar-refractivity contribution is 5.93. The lowest BCUT2D eigenvalue weighted by atomic mass is 10.0. The van der Waals surface area contributed by atoms with E-state index in [2.05, 4.69) is 28.2 Å². The van der Waals surface area contributed by atoms with Crippen LogP contribution in [0.3, 0.4) is 0 Å². The Morgan fingerprint density at radius 2 is 1.81 bits per heavy atom. The molecule has 0 aliphatic heterocycles. The monoisotopic (exact) mass is 349 g/mol. The molecular weight excluding hydrogens is 330 g/mol. The van der Waals surface area contributed by atoms with Crippen molar-refractivity contribution in [2.24, 2.45) is 0 Å². The van der Waals surface area contributed by atoms with Crippen LogP contribution in [-0.4, -0.2) is 29.4 Å². The van der Waals surface area contributed by atoms with E-state index in [0.717, 1.165) is 34.1 Å². The van der Waals surface area contributed by atoms with E-state index in [9.17, 15) is 0 Å². The van der Waals surface area contributed by atoms with E-state index < -0.39 is 0 Å².